The Morgan fingerprint density at radius 2 is 0.968 bits per heavy atom. The van der Waals surface area contributed by atoms with E-state index in [0.29, 0.717) is 93.6 Å². The third-order valence-electron chi connectivity index (χ3n) is 28.5. The smallest absolute Gasteiger partial charge is 0.261 e. The fraction of sp³-hybridized carbons (Fsp3) is 0.768. The van der Waals surface area contributed by atoms with Gasteiger partial charge in [-0.15, -0.1) is 0 Å². The number of carbonyl (C=O) groups is 3. The number of rotatable bonds is 29. The Morgan fingerprint density at radius 3 is 1.43 bits per heavy atom. The van der Waals surface area contributed by atoms with Crippen LogP contribution >= 0.6 is 0 Å². The fourth-order valence-corrected chi connectivity index (χ4v) is 23.5. The van der Waals surface area contributed by atoms with Crippen LogP contribution in [0.2, 0.25) is 0 Å². The van der Waals surface area contributed by atoms with Crippen LogP contribution in [0.3, 0.4) is 0 Å². The first-order valence-corrected chi connectivity index (χ1v) is 38.3. The van der Waals surface area contributed by atoms with Crippen molar-refractivity contribution in [2.75, 3.05) is 65.7 Å². The molecule has 11 heteroatoms. The minimum Gasteiger partial charge on any atom is -0.390 e. The van der Waals surface area contributed by atoms with Crippen molar-refractivity contribution < 1.29 is 34.1 Å². The van der Waals surface area contributed by atoms with Gasteiger partial charge in [-0.25, -0.2) is 0 Å². The molecule has 0 bridgehead atoms. The van der Waals surface area contributed by atoms with E-state index in [1.165, 1.54) is 114 Å². The predicted octanol–water partition coefficient (Wildman–Crippen LogP) is 16.1. The van der Waals surface area contributed by atoms with E-state index in [-0.39, 0.29) is 47.2 Å². The number of aliphatic hydroxyl groups excluding tert-OH is 2. The van der Waals surface area contributed by atoms with E-state index in [4.69, 9.17) is 9.47 Å². The second kappa shape index (κ2) is 29.0. The van der Waals surface area contributed by atoms with E-state index in [0.717, 1.165) is 108 Å². The highest BCUT2D eigenvalue weighted by atomic mass is 16.5. The number of carbonyl (C=O) groups excluding carboxylic acids is 3. The van der Waals surface area contributed by atoms with E-state index >= 15 is 0 Å². The van der Waals surface area contributed by atoms with Crippen molar-refractivity contribution in [3.05, 3.63) is 94.1 Å². The van der Waals surface area contributed by atoms with Crippen LogP contribution in [0.1, 0.15) is 247 Å². The molecule has 6 saturated carbocycles. The summed E-state index contributed by atoms with van der Waals surface area (Å²) in [7, 11) is 0. The number of imide groups is 1. The van der Waals surface area contributed by atoms with Crippen molar-refractivity contribution in [1.29, 1.82) is 0 Å². The Bertz CT molecular complexity index is 2960. The molecule has 10 aliphatic rings. The van der Waals surface area contributed by atoms with Crippen LogP contribution in [0.15, 0.2) is 71.8 Å². The summed E-state index contributed by atoms with van der Waals surface area (Å²) < 4.78 is 12.9. The maximum Gasteiger partial charge on any atom is 0.261 e. The molecular formula is C82H124N4O7. The van der Waals surface area contributed by atoms with Crippen molar-refractivity contribution >= 4 is 17.7 Å². The SMILES string of the molecule is CC(C)CCCC(C)C1CCC2C3CC=C4CC(N(CCOCCOCCN(CC(O)CN5C(=O)c6ccccc6C5=O)C5CCC6(C)C(=CCC7C6CCC6(C)C(C(C)CCCC(C)C)CCC76)C5)CC(O)CN5Cc6ccccc6C5=O)CCC4(C)C3CCC12C. The van der Waals surface area contributed by atoms with Crippen LogP contribution in [0, 0.1) is 92.7 Å². The number of aliphatic hydroxyl groups is 2. The minimum atomic E-state index is -0.910. The average Bonchev–Trinajstić information content (AvgIpc) is 1.71. The van der Waals surface area contributed by atoms with Crippen LogP contribution in [0.4, 0.5) is 0 Å². The Balaban J connectivity index is 0.671. The number of benzene rings is 2. The maximum atomic E-state index is 13.6. The molecule has 2 aromatic rings. The van der Waals surface area contributed by atoms with Gasteiger partial charge in [0.15, 0.2) is 0 Å². The van der Waals surface area contributed by atoms with E-state index in [1.54, 1.807) is 35.4 Å². The summed E-state index contributed by atoms with van der Waals surface area (Å²) in [5.74, 6) is 8.85. The molecule has 18 unspecified atom stereocenters. The largest absolute Gasteiger partial charge is 0.390 e. The van der Waals surface area contributed by atoms with Gasteiger partial charge >= 0.3 is 0 Å². The van der Waals surface area contributed by atoms with E-state index in [2.05, 4.69) is 91.2 Å². The molecule has 0 spiro atoms. The van der Waals surface area contributed by atoms with Crippen LogP contribution < -0.4 is 0 Å². The number of fused-ring (bicyclic) bond motifs is 12. The lowest BCUT2D eigenvalue weighted by molar-refractivity contribution is -0.0577. The fourth-order valence-electron chi connectivity index (χ4n) is 23.5. The number of allylic oxidation sites excluding steroid dienone is 2. The third-order valence-corrected chi connectivity index (χ3v) is 28.5. The maximum absolute atomic E-state index is 13.6. The standard InChI is InChI=1S/C82H124N4O7/c1-54(2)17-15-19-56(5)70-29-31-72-68-27-25-59-47-61(33-37-79(59,7)74(68)35-39-81(70,72)9)83(50-63(87)52-85-49-58-21-11-12-22-65(58)76(85)89)41-43-92-45-46-93-44-42-84(51-64(88)53-86-77(90)66-23-13-14-24-67(66)78(86)91)62-34-38-80(8)60(48-62)26-28-69-73-32-30-71(57(6)20-16-18-55(3)4)82(73,10)40-36-75(69)80/h11-14,21-26,54-57,61-64,68-75,87-88H,15-20,27-53H2,1-10H3. The Morgan fingerprint density at radius 1 is 0.516 bits per heavy atom. The summed E-state index contributed by atoms with van der Waals surface area (Å²) >= 11 is 0. The van der Waals surface area contributed by atoms with Crippen LogP contribution in [-0.2, 0) is 16.0 Å². The summed E-state index contributed by atoms with van der Waals surface area (Å²) in [6.45, 7) is 30.1. The van der Waals surface area contributed by atoms with Crippen molar-refractivity contribution in [2.24, 2.45) is 92.7 Å². The molecule has 0 saturated heterocycles. The van der Waals surface area contributed by atoms with Gasteiger partial charge < -0.3 is 24.6 Å². The van der Waals surface area contributed by atoms with Gasteiger partial charge in [0, 0.05) is 56.9 Å². The molecule has 18 atom stereocenters. The first-order chi connectivity index (χ1) is 44.6. The van der Waals surface area contributed by atoms with Crippen molar-refractivity contribution in [3.8, 4) is 0 Å². The Labute approximate surface area is 562 Å². The zero-order valence-corrected chi connectivity index (χ0v) is 59.6. The van der Waals surface area contributed by atoms with Gasteiger partial charge in [0.05, 0.1) is 56.3 Å². The molecule has 8 aliphatic carbocycles. The molecule has 2 heterocycles. The molecule has 12 rings (SSSR count). The molecular weight excluding hydrogens is 1150 g/mol. The number of hydrogen-bond acceptors (Lipinski definition) is 9. The first-order valence-electron chi connectivity index (χ1n) is 38.3. The number of β-amino-alcohol motifs (C(OH)–C–C–N with tert-alkyl or cyclic N) is 2. The molecule has 514 valence electrons. The van der Waals surface area contributed by atoms with Gasteiger partial charge in [-0.3, -0.25) is 29.1 Å². The second-order valence-corrected chi connectivity index (χ2v) is 34.5. The lowest BCUT2D eigenvalue weighted by Gasteiger charge is -2.59. The highest BCUT2D eigenvalue weighted by Gasteiger charge is 2.61. The lowest BCUT2D eigenvalue weighted by atomic mass is 9.46. The highest BCUT2D eigenvalue weighted by Crippen LogP contribution is 2.69. The van der Waals surface area contributed by atoms with E-state index in [1.807, 2.05) is 29.2 Å². The summed E-state index contributed by atoms with van der Waals surface area (Å²) in [6.07, 6.45) is 31.9. The van der Waals surface area contributed by atoms with Gasteiger partial charge in [0.1, 0.15) is 0 Å². The van der Waals surface area contributed by atoms with Crippen molar-refractivity contribution in [2.45, 2.75) is 241 Å². The molecule has 93 heavy (non-hydrogen) atoms. The van der Waals surface area contributed by atoms with Gasteiger partial charge in [-0.2, -0.15) is 0 Å². The zero-order chi connectivity index (χ0) is 65.6. The van der Waals surface area contributed by atoms with Crippen LogP contribution in [0.5, 0.6) is 0 Å². The van der Waals surface area contributed by atoms with Gasteiger partial charge in [-0.1, -0.05) is 161 Å². The second-order valence-electron chi connectivity index (χ2n) is 34.5. The Hall–Kier alpha value is -3.71. The van der Waals surface area contributed by atoms with Gasteiger partial charge in [0.2, 0.25) is 0 Å². The molecule has 2 N–H and O–H groups in total. The first kappa shape index (κ1) is 69.2. The van der Waals surface area contributed by atoms with Crippen molar-refractivity contribution in [1.82, 2.24) is 19.6 Å². The normalized spacial score (nSPS) is 35.0. The molecule has 6 fully saturated rings. The molecule has 0 radical (unpaired) electrons. The lowest BCUT2D eigenvalue weighted by Crippen LogP contribution is -2.53. The summed E-state index contributed by atoms with van der Waals surface area (Å²) in [4.78, 5) is 48.6. The zero-order valence-electron chi connectivity index (χ0n) is 59.6. The molecule has 3 amide bonds. The highest BCUT2D eigenvalue weighted by molar-refractivity contribution is 6.21. The van der Waals surface area contributed by atoms with Crippen molar-refractivity contribution in [3.63, 3.8) is 0 Å². The molecule has 2 aliphatic heterocycles. The number of nitrogens with zero attached hydrogens (tertiary/aromatic N) is 4. The third kappa shape index (κ3) is 13.9. The monoisotopic (exact) mass is 1280 g/mol. The molecule has 0 aromatic heterocycles. The van der Waals surface area contributed by atoms with Gasteiger partial charge in [-0.05, 0) is 219 Å². The van der Waals surface area contributed by atoms with Crippen LogP contribution in [-0.4, -0.2) is 138 Å². The summed E-state index contributed by atoms with van der Waals surface area (Å²) in [5, 5.41) is 23.9. The quantitative estimate of drug-likeness (QED) is 0.0466. The number of hydrogen-bond donors (Lipinski definition) is 2. The number of amides is 3. The van der Waals surface area contributed by atoms with Crippen LogP contribution in [0.25, 0.3) is 0 Å². The number of ether oxygens (including phenoxy) is 2. The molecule has 2 aromatic carbocycles. The topological polar surface area (TPSA) is 123 Å². The van der Waals surface area contributed by atoms with E-state index in [9.17, 15) is 24.6 Å². The Kier molecular flexibility index (Phi) is 21.6. The van der Waals surface area contributed by atoms with Gasteiger partial charge in [0.25, 0.3) is 17.7 Å². The predicted molar refractivity (Wildman–Crippen MR) is 373 cm³/mol. The average molecular weight is 1280 g/mol. The molecule has 11 nitrogen and oxygen atoms in total. The summed E-state index contributed by atoms with van der Waals surface area (Å²) in [5.41, 5.74) is 7.19. The minimum absolute atomic E-state index is 0.0102. The van der Waals surface area contributed by atoms with E-state index < -0.39 is 12.2 Å². The summed E-state index contributed by atoms with van der Waals surface area (Å²) in [6, 6.07) is 15.4.